The van der Waals surface area contributed by atoms with Crippen LogP contribution in [0.1, 0.15) is 35.7 Å². The second-order valence-corrected chi connectivity index (χ2v) is 5.60. The van der Waals surface area contributed by atoms with Crippen LogP contribution in [0.15, 0.2) is 18.2 Å². The maximum atomic E-state index is 11.4. The number of piperidine rings is 1. The van der Waals surface area contributed by atoms with Crippen LogP contribution in [0.2, 0.25) is 0 Å². The Bertz CT molecular complexity index is 479. The van der Waals surface area contributed by atoms with Crippen molar-refractivity contribution in [3.05, 3.63) is 29.3 Å². The zero-order valence-electron chi connectivity index (χ0n) is 12.6. The van der Waals surface area contributed by atoms with Crippen LogP contribution in [0.4, 0.5) is 5.69 Å². The molecular weight excluding hydrogens is 252 g/mol. The molecule has 1 aliphatic rings. The Kier molecular flexibility index (Phi) is 4.65. The number of aromatic carboxylic acids is 1. The number of carbonyl (C=O) groups is 1. The van der Waals surface area contributed by atoms with Crippen molar-refractivity contribution in [3.8, 4) is 0 Å². The molecule has 0 bridgehead atoms. The van der Waals surface area contributed by atoms with Crippen LogP contribution >= 0.6 is 0 Å². The number of carboxylic acids is 1. The molecule has 1 saturated heterocycles. The molecule has 2 rings (SSSR count). The minimum Gasteiger partial charge on any atom is -0.478 e. The van der Waals surface area contributed by atoms with Gasteiger partial charge in [-0.05, 0) is 44.0 Å². The fourth-order valence-corrected chi connectivity index (χ4v) is 2.93. The monoisotopic (exact) mass is 276 g/mol. The van der Waals surface area contributed by atoms with Crippen molar-refractivity contribution in [2.75, 3.05) is 31.6 Å². The minimum absolute atomic E-state index is 0.399. The SMILES string of the molecule is CCN1CCC(N(C)c2cc(C)ccc2C(=O)O)CC1. The first-order valence-corrected chi connectivity index (χ1v) is 7.32. The van der Waals surface area contributed by atoms with E-state index in [0.717, 1.165) is 43.7 Å². The summed E-state index contributed by atoms with van der Waals surface area (Å²) in [6.07, 6.45) is 2.19. The summed E-state index contributed by atoms with van der Waals surface area (Å²) < 4.78 is 0. The Labute approximate surface area is 121 Å². The quantitative estimate of drug-likeness (QED) is 0.918. The highest BCUT2D eigenvalue weighted by Gasteiger charge is 2.24. The molecule has 0 amide bonds. The number of aryl methyl sites for hydroxylation is 1. The highest BCUT2D eigenvalue weighted by molar-refractivity contribution is 5.94. The third-order valence-corrected chi connectivity index (χ3v) is 4.32. The summed E-state index contributed by atoms with van der Waals surface area (Å²) in [5.41, 5.74) is 2.34. The molecule has 0 aromatic heterocycles. The van der Waals surface area contributed by atoms with Gasteiger partial charge in [0.05, 0.1) is 11.3 Å². The molecule has 0 atom stereocenters. The highest BCUT2D eigenvalue weighted by atomic mass is 16.4. The summed E-state index contributed by atoms with van der Waals surface area (Å²) in [4.78, 5) is 16.0. The molecule has 0 spiro atoms. The molecule has 4 heteroatoms. The summed E-state index contributed by atoms with van der Waals surface area (Å²) in [6.45, 7) is 7.48. The Morgan fingerprint density at radius 2 is 2.05 bits per heavy atom. The molecule has 0 aliphatic carbocycles. The standard InChI is InChI=1S/C16H24N2O2/c1-4-18-9-7-13(8-10-18)17(3)15-11-12(2)5-6-14(15)16(19)20/h5-6,11,13H,4,7-10H2,1-3H3,(H,19,20). The molecule has 1 heterocycles. The van der Waals surface area contributed by atoms with Gasteiger partial charge >= 0.3 is 5.97 Å². The van der Waals surface area contributed by atoms with E-state index < -0.39 is 5.97 Å². The summed E-state index contributed by atoms with van der Waals surface area (Å²) in [5, 5.41) is 9.35. The van der Waals surface area contributed by atoms with E-state index >= 15 is 0 Å². The number of anilines is 1. The molecule has 20 heavy (non-hydrogen) atoms. The third kappa shape index (κ3) is 3.12. The molecule has 110 valence electrons. The molecule has 0 radical (unpaired) electrons. The molecule has 1 N–H and O–H groups in total. The Hall–Kier alpha value is -1.55. The van der Waals surface area contributed by atoms with Gasteiger partial charge in [0.2, 0.25) is 0 Å². The average Bonchev–Trinajstić information content (AvgIpc) is 2.46. The second kappa shape index (κ2) is 6.27. The second-order valence-electron chi connectivity index (χ2n) is 5.60. The lowest BCUT2D eigenvalue weighted by Crippen LogP contribution is -2.43. The fourth-order valence-electron chi connectivity index (χ4n) is 2.93. The lowest BCUT2D eigenvalue weighted by molar-refractivity contribution is 0.0697. The van der Waals surface area contributed by atoms with Gasteiger partial charge in [0.1, 0.15) is 0 Å². The first kappa shape index (κ1) is 14.9. The summed E-state index contributed by atoms with van der Waals surface area (Å²) in [7, 11) is 2.02. The van der Waals surface area contributed by atoms with Gasteiger partial charge in [0, 0.05) is 26.2 Å². The summed E-state index contributed by atoms with van der Waals surface area (Å²) in [5.74, 6) is -0.849. The van der Waals surface area contributed by atoms with Crippen LogP contribution in [0.25, 0.3) is 0 Å². The van der Waals surface area contributed by atoms with Crippen LogP contribution in [-0.2, 0) is 0 Å². The zero-order valence-corrected chi connectivity index (χ0v) is 12.6. The summed E-state index contributed by atoms with van der Waals surface area (Å²) in [6, 6.07) is 5.98. The molecule has 1 fully saturated rings. The van der Waals surface area contributed by atoms with Gasteiger partial charge < -0.3 is 14.9 Å². The fraction of sp³-hybridized carbons (Fsp3) is 0.562. The normalized spacial score (nSPS) is 17.1. The van der Waals surface area contributed by atoms with Crippen molar-refractivity contribution in [2.24, 2.45) is 0 Å². The topological polar surface area (TPSA) is 43.8 Å². The molecule has 0 unspecified atom stereocenters. The molecule has 0 saturated carbocycles. The maximum Gasteiger partial charge on any atom is 0.337 e. The van der Waals surface area contributed by atoms with Gasteiger partial charge in [-0.15, -0.1) is 0 Å². The number of carboxylic acid groups (broad SMARTS) is 1. The van der Waals surface area contributed by atoms with Gasteiger partial charge in [-0.2, -0.15) is 0 Å². The van der Waals surface area contributed by atoms with Gasteiger partial charge in [0.15, 0.2) is 0 Å². The van der Waals surface area contributed by atoms with Crippen molar-refractivity contribution in [2.45, 2.75) is 32.7 Å². The van der Waals surface area contributed by atoms with E-state index in [1.165, 1.54) is 0 Å². The molecule has 1 aromatic rings. The van der Waals surface area contributed by atoms with E-state index in [2.05, 4.69) is 16.7 Å². The highest BCUT2D eigenvalue weighted by Crippen LogP contribution is 2.26. The number of rotatable bonds is 4. The smallest absolute Gasteiger partial charge is 0.337 e. The number of hydrogen-bond donors (Lipinski definition) is 1. The van der Waals surface area contributed by atoms with E-state index in [1.54, 1.807) is 6.07 Å². The first-order chi connectivity index (χ1) is 9.52. The van der Waals surface area contributed by atoms with Gasteiger partial charge in [-0.1, -0.05) is 13.0 Å². The van der Waals surface area contributed by atoms with Crippen LogP contribution in [0, 0.1) is 6.92 Å². The maximum absolute atomic E-state index is 11.4. The Balaban J connectivity index is 2.18. The average molecular weight is 276 g/mol. The van der Waals surface area contributed by atoms with Crippen molar-refractivity contribution in [1.29, 1.82) is 0 Å². The van der Waals surface area contributed by atoms with Crippen molar-refractivity contribution < 1.29 is 9.90 Å². The van der Waals surface area contributed by atoms with Gasteiger partial charge in [-0.25, -0.2) is 4.79 Å². The van der Waals surface area contributed by atoms with Crippen molar-refractivity contribution in [3.63, 3.8) is 0 Å². The number of likely N-dealkylation sites (tertiary alicyclic amines) is 1. The molecule has 1 aromatic carbocycles. The van der Waals surface area contributed by atoms with Crippen LogP contribution in [0.5, 0.6) is 0 Å². The Morgan fingerprint density at radius 3 is 2.60 bits per heavy atom. The summed E-state index contributed by atoms with van der Waals surface area (Å²) >= 11 is 0. The number of hydrogen-bond acceptors (Lipinski definition) is 3. The van der Waals surface area contributed by atoms with Crippen LogP contribution in [-0.4, -0.2) is 48.7 Å². The van der Waals surface area contributed by atoms with E-state index in [1.807, 2.05) is 26.1 Å². The largest absolute Gasteiger partial charge is 0.478 e. The zero-order chi connectivity index (χ0) is 14.7. The first-order valence-electron chi connectivity index (χ1n) is 7.32. The third-order valence-electron chi connectivity index (χ3n) is 4.32. The van der Waals surface area contributed by atoms with Crippen LogP contribution < -0.4 is 4.90 Å². The van der Waals surface area contributed by atoms with E-state index in [-0.39, 0.29) is 0 Å². The lowest BCUT2D eigenvalue weighted by atomic mass is 10.0. The van der Waals surface area contributed by atoms with Gasteiger partial charge in [0.25, 0.3) is 0 Å². The minimum atomic E-state index is -0.849. The van der Waals surface area contributed by atoms with E-state index in [4.69, 9.17) is 0 Å². The molecular formula is C16H24N2O2. The van der Waals surface area contributed by atoms with Gasteiger partial charge in [-0.3, -0.25) is 0 Å². The molecule has 1 aliphatic heterocycles. The number of nitrogens with zero attached hydrogens (tertiary/aromatic N) is 2. The Morgan fingerprint density at radius 1 is 1.40 bits per heavy atom. The lowest BCUT2D eigenvalue weighted by Gasteiger charge is -2.38. The number of benzene rings is 1. The van der Waals surface area contributed by atoms with E-state index in [9.17, 15) is 9.90 Å². The predicted octanol–water partition coefficient (Wildman–Crippen LogP) is 2.61. The van der Waals surface area contributed by atoms with Crippen molar-refractivity contribution in [1.82, 2.24) is 4.90 Å². The van der Waals surface area contributed by atoms with Crippen LogP contribution in [0.3, 0.4) is 0 Å². The predicted molar refractivity (Wildman–Crippen MR) is 81.7 cm³/mol. The molecule has 4 nitrogen and oxygen atoms in total. The van der Waals surface area contributed by atoms with Crippen molar-refractivity contribution >= 4 is 11.7 Å². The van der Waals surface area contributed by atoms with E-state index in [0.29, 0.717) is 11.6 Å².